The normalized spacial score (nSPS) is 12.2. The summed E-state index contributed by atoms with van der Waals surface area (Å²) in [7, 11) is 1.68. The van der Waals surface area contributed by atoms with Gasteiger partial charge in [0.15, 0.2) is 0 Å². The molecule has 4 nitrogen and oxygen atoms in total. The molecule has 134 valence electrons. The summed E-state index contributed by atoms with van der Waals surface area (Å²) in [6.45, 7) is 1.08. The van der Waals surface area contributed by atoms with Crippen molar-refractivity contribution in [3.8, 4) is 28.5 Å². The van der Waals surface area contributed by atoms with E-state index in [1.54, 1.807) is 7.11 Å². The SMILES string of the molecule is COc1ccc2c3c([nH]c2c1)-c1ccc(OCc2ccccc2)cc1OC3. The van der Waals surface area contributed by atoms with Crippen LogP contribution in [0.1, 0.15) is 11.1 Å². The van der Waals surface area contributed by atoms with Crippen molar-refractivity contribution in [2.24, 2.45) is 0 Å². The van der Waals surface area contributed by atoms with Crippen LogP contribution in [0.3, 0.4) is 0 Å². The fourth-order valence-corrected chi connectivity index (χ4v) is 3.55. The Kier molecular flexibility index (Phi) is 3.75. The monoisotopic (exact) mass is 357 g/mol. The maximum Gasteiger partial charge on any atom is 0.132 e. The van der Waals surface area contributed by atoms with E-state index in [4.69, 9.17) is 14.2 Å². The number of benzene rings is 3. The molecule has 1 aromatic heterocycles. The van der Waals surface area contributed by atoms with E-state index < -0.39 is 0 Å². The molecule has 0 saturated heterocycles. The quantitative estimate of drug-likeness (QED) is 0.538. The third-order valence-electron chi connectivity index (χ3n) is 4.96. The van der Waals surface area contributed by atoms with E-state index in [0.29, 0.717) is 13.2 Å². The highest BCUT2D eigenvalue weighted by Gasteiger charge is 2.22. The Morgan fingerprint density at radius 3 is 2.67 bits per heavy atom. The number of hydrogen-bond acceptors (Lipinski definition) is 3. The number of H-pyrrole nitrogens is 1. The van der Waals surface area contributed by atoms with Crippen molar-refractivity contribution in [2.75, 3.05) is 7.11 Å². The molecule has 4 aromatic rings. The molecule has 0 atom stereocenters. The van der Waals surface area contributed by atoms with Gasteiger partial charge in [-0.05, 0) is 29.8 Å². The van der Waals surface area contributed by atoms with E-state index in [1.807, 2.05) is 42.5 Å². The van der Waals surface area contributed by atoms with E-state index in [2.05, 4.69) is 29.2 Å². The highest BCUT2D eigenvalue weighted by atomic mass is 16.5. The lowest BCUT2D eigenvalue weighted by Gasteiger charge is -2.19. The lowest BCUT2D eigenvalue weighted by atomic mass is 10.0. The highest BCUT2D eigenvalue weighted by Crippen LogP contribution is 2.42. The zero-order valence-electron chi connectivity index (χ0n) is 15.0. The maximum atomic E-state index is 6.03. The van der Waals surface area contributed by atoms with Crippen molar-refractivity contribution in [1.82, 2.24) is 4.98 Å². The Morgan fingerprint density at radius 1 is 0.963 bits per heavy atom. The summed E-state index contributed by atoms with van der Waals surface area (Å²) in [4.78, 5) is 3.52. The van der Waals surface area contributed by atoms with Gasteiger partial charge in [0.05, 0.1) is 12.8 Å². The summed E-state index contributed by atoms with van der Waals surface area (Å²) in [6, 6.07) is 22.2. The van der Waals surface area contributed by atoms with E-state index in [0.717, 1.165) is 39.6 Å². The number of nitrogens with one attached hydrogen (secondary N) is 1. The van der Waals surface area contributed by atoms with Crippen molar-refractivity contribution in [1.29, 1.82) is 0 Å². The number of aromatic amines is 1. The smallest absolute Gasteiger partial charge is 0.132 e. The van der Waals surface area contributed by atoms with Crippen LogP contribution in [0.5, 0.6) is 17.2 Å². The molecule has 1 aliphatic rings. The molecule has 0 radical (unpaired) electrons. The molecule has 1 aliphatic heterocycles. The lowest BCUT2D eigenvalue weighted by molar-refractivity contribution is 0.288. The summed E-state index contributed by atoms with van der Waals surface area (Å²) in [5.41, 5.74) is 5.54. The zero-order chi connectivity index (χ0) is 18.2. The van der Waals surface area contributed by atoms with Crippen LogP contribution < -0.4 is 14.2 Å². The minimum absolute atomic E-state index is 0.538. The number of rotatable bonds is 4. The molecule has 0 fully saturated rings. The molecule has 3 aromatic carbocycles. The van der Waals surface area contributed by atoms with E-state index >= 15 is 0 Å². The van der Waals surface area contributed by atoms with Gasteiger partial charge in [0.1, 0.15) is 30.5 Å². The van der Waals surface area contributed by atoms with Crippen LogP contribution in [0.25, 0.3) is 22.2 Å². The molecule has 2 heterocycles. The van der Waals surface area contributed by atoms with Crippen LogP contribution in [-0.4, -0.2) is 12.1 Å². The Balaban J connectivity index is 1.47. The van der Waals surface area contributed by atoms with Gasteiger partial charge in [-0.3, -0.25) is 0 Å². The van der Waals surface area contributed by atoms with Gasteiger partial charge in [-0.1, -0.05) is 30.3 Å². The summed E-state index contributed by atoms with van der Waals surface area (Å²) in [6.07, 6.45) is 0. The predicted octanol–water partition coefficient (Wildman–Crippen LogP) is 5.31. The van der Waals surface area contributed by atoms with Gasteiger partial charge in [-0.2, -0.15) is 0 Å². The first kappa shape index (κ1) is 15.8. The first-order valence-electron chi connectivity index (χ1n) is 8.94. The first-order chi connectivity index (χ1) is 13.3. The summed E-state index contributed by atoms with van der Waals surface area (Å²) >= 11 is 0. The number of methoxy groups -OCH3 is 1. The topological polar surface area (TPSA) is 43.5 Å². The Morgan fingerprint density at radius 2 is 1.81 bits per heavy atom. The molecule has 27 heavy (non-hydrogen) atoms. The molecule has 0 spiro atoms. The Bertz CT molecular complexity index is 1120. The Hall–Kier alpha value is -3.40. The molecule has 5 rings (SSSR count). The fraction of sp³-hybridized carbons (Fsp3) is 0.130. The second kappa shape index (κ2) is 6.40. The zero-order valence-corrected chi connectivity index (χ0v) is 15.0. The summed E-state index contributed by atoms with van der Waals surface area (Å²) < 4.78 is 17.3. The number of aromatic nitrogens is 1. The van der Waals surface area contributed by atoms with Gasteiger partial charge in [-0.15, -0.1) is 0 Å². The summed E-state index contributed by atoms with van der Waals surface area (Å²) in [5.74, 6) is 2.48. The van der Waals surface area contributed by atoms with Crippen LogP contribution in [0, 0.1) is 0 Å². The van der Waals surface area contributed by atoms with E-state index in [1.165, 1.54) is 10.9 Å². The van der Waals surface area contributed by atoms with Crippen molar-refractivity contribution in [3.05, 3.63) is 77.9 Å². The lowest BCUT2D eigenvalue weighted by Crippen LogP contribution is -2.05. The molecule has 1 N–H and O–H groups in total. The van der Waals surface area contributed by atoms with Crippen molar-refractivity contribution in [2.45, 2.75) is 13.2 Å². The first-order valence-corrected chi connectivity index (χ1v) is 8.94. The van der Waals surface area contributed by atoms with Crippen molar-refractivity contribution < 1.29 is 14.2 Å². The second-order valence-electron chi connectivity index (χ2n) is 6.61. The predicted molar refractivity (Wildman–Crippen MR) is 105 cm³/mol. The van der Waals surface area contributed by atoms with Crippen LogP contribution in [0.4, 0.5) is 0 Å². The third-order valence-corrected chi connectivity index (χ3v) is 4.96. The van der Waals surface area contributed by atoms with Gasteiger partial charge in [0.25, 0.3) is 0 Å². The summed E-state index contributed by atoms with van der Waals surface area (Å²) in [5, 5.41) is 1.17. The fourth-order valence-electron chi connectivity index (χ4n) is 3.55. The highest BCUT2D eigenvalue weighted by molar-refractivity contribution is 5.93. The molecule has 0 aliphatic carbocycles. The molecule has 0 saturated carbocycles. The number of ether oxygens (including phenoxy) is 3. The largest absolute Gasteiger partial charge is 0.497 e. The molecular formula is C23H19NO3. The van der Waals surface area contributed by atoms with Gasteiger partial charge < -0.3 is 19.2 Å². The number of hydrogen-bond donors (Lipinski definition) is 1. The third kappa shape index (κ3) is 2.79. The van der Waals surface area contributed by atoms with Crippen LogP contribution >= 0.6 is 0 Å². The average Bonchev–Trinajstić information content (AvgIpc) is 3.10. The van der Waals surface area contributed by atoms with Crippen LogP contribution in [-0.2, 0) is 13.2 Å². The molecule has 0 unspecified atom stereocenters. The average molecular weight is 357 g/mol. The van der Waals surface area contributed by atoms with Gasteiger partial charge >= 0.3 is 0 Å². The van der Waals surface area contributed by atoms with Gasteiger partial charge in [0, 0.05) is 34.2 Å². The molecule has 0 amide bonds. The van der Waals surface area contributed by atoms with Crippen molar-refractivity contribution >= 4 is 10.9 Å². The van der Waals surface area contributed by atoms with Crippen LogP contribution in [0.2, 0.25) is 0 Å². The van der Waals surface area contributed by atoms with Gasteiger partial charge in [-0.25, -0.2) is 0 Å². The Labute approximate surface area is 157 Å². The maximum absolute atomic E-state index is 6.03. The molecule has 4 heteroatoms. The molecular weight excluding hydrogens is 338 g/mol. The number of fused-ring (bicyclic) bond motifs is 5. The molecule has 0 bridgehead atoms. The van der Waals surface area contributed by atoms with E-state index in [-0.39, 0.29) is 0 Å². The minimum Gasteiger partial charge on any atom is -0.497 e. The standard InChI is InChI=1S/C23H19NO3/c1-25-16-7-9-18-20-14-27-22-12-17(26-13-15-5-3-2-4-6-15)8-10-19(22)23(20)24-21(18)11-16/h2-12,24H,13-14H2,1H3. The van der Waals surface area contributed by atoms with Gasteiger partial charge in [0.2, 0.25) is 0 Å². The minimum atomic E-state index is 0.538. The van der Waals surface area contributed by atoms with Crippen LogP contribution in [0.15, 0.2) is 66.7 Å². The van der Waals surface area contributed by atoms with E-state index in [9.17, 15) is 0 Å². The second-order valence-corrected chi connectivity index (χ2v) is 6.61. The van der Waals surface area contributed by atoms with Crippen molar-refractivity contribution in [3.63, 3.8) is 0 Å².